The molecule has 2 amide bonds. The molecule has 1 aromatic carbocycles. The van der Waals surface area contributed by atoms with Crippen LogP contribution in [0, 0.1) is 0 Å². The topological polar surface area (TPSA) is 90.9 Å². The number of anilines is 2. The van der Waals surface area contributed by atoms with Crippen LogP contribution in [0.15, 0.2) is 36.4 Å². The summed E-state index contributed by atoms with van der Waals surface area (Å²) in [6.07, 6.45) is 0. The molecule has 1 aromatic heterocycles. The van der Waals surface area contributed by atoms with Crippen molar-refractivity contribution in [3.05, 3.63) is 45.6 Å². The number of hydrogen-bond acceptors (Lipinski definition) is 6. The summed E-state index contributed by atoms with van der Waals surface area (Å²) in [7, 11) is 0. The molecule has 2 aromatic rings. The third-order valence-electron chi connectivity index (χ3n) is 4.26. The van der Waals surface area contributed by atoms with Crippen molar-refractivity contribution in [1.82, 2.24) is 5.32 Å². The van der Waals surface area contributed by atoms with Gasteiger partial charge in [0.25, 0.3) is 11.8 Å². The molecule has 0 spiro atoms. The molecule has 9 heteroatoms. The van der Waals surface area contributed by atoms with Crippen molar-refractivity contribution >= 4 is 46.1 Å². The van der Waals surface area contributed by atoms with Crippen LogP contribution in [0.1, 0.15) is 16.6 Å². The van der Waals surface area contributed by atoms with E-state index in [-0.39, 0.29) is 31.5 Å². The van der Waals surface area contributed by atoms with Gasteiger partial charge in [-0.2, -0.15) is 0 Å². The zero-order chi connectivity index (χ0) is 20.1. The molecule has 0 radical (unpaired) electrons. The molecule has 1 aliphatic heterocycles. The first-order chi connectivity index (χ1) is 13.3. The van der Waals surface area contributed by atoms with E-state index in [2.05, 4.69) is 10.6 Å². The van der Waals surface area contributed by atoms with E-state index in [0.717, 1.165) is 11.4 Å². The highest BCUT2D eigenvalue weighted by atomic mass is 35.5. The van der Waals surface area contributed by atoms with E-state index in [1.54, 1.807) is 24.0 Å². The second kappa shape index (κ2) is 8.91. The lowest BCUT2D eigenvalue weighted by Crippen LogP contribution is -2.45. The number of aliphatic hydroxyl groups is 1. The van der Waals surface area contributed by atoms with Crippen molar-refractivity contribution in [3.8, 4) is 0 Å². The van der Waals surface area contributed by atoms with Gasteiger partial charge in [0, 0.05) is 31.0 Å². The predicted octanol–water partition coefficient (Wildman–Crippen LogP) is 2.36. The van der Waals surface area contributed by atoms with E-state index in [9.17, 15) is 14.7 Å². The molecule has 1 fully saturated rings. The molecule has 1 unspecified atom stereocenters. The van der Waals surface area contributed by atoms with Gasteiger partial charge in [0.1, 0.15) is 6.61 Å². The molecule has 1 saturated heterocycles. The molecule has 0 aliphatic carbocycles. The predicted molar refractivity (Wildman–Crippen MR) is 110 cm³/mol. The minimum Gasteiger partial charge on any atom is -0.386 e. The summed E-state index contributed by atoms with van der Waals surface area (Å²) in [5, 5.41) is 16.4. The summed E-state index contributed by atoms with van der Waals surface area (Å²) >= 11 is 7.02. The number of hydrogen-bond donors (Lipinski definition) is 3. The number of carbonyl (C=O) groups is 2. The summed E-state index contributed by atoms with van der Waals surface area (Å²) < 4.78 is 5.68. The Morgan fingerprint density at radius 2 is 2.04 bits per heavy atom. The molecular weight excluding hydrogens is 402 g/mol. The van der Waals surface area contributed by atoms with Crippen LogP contribution in [0.5, 0.6) is 0 Å². The van der Waals surface area contributed by atoms with E-state index in [1.807, 2.05) is 24.3 Å². The van der Waals surface area contributed by atoms with Crippen molar-refractivity contribution in [2.45, 2.75) is 12.5 Å². The summed E-state index contributed by atoms with van der Waals surface area (Å²) in [5.74, 6) is -0.325. The lowest BCUT2D eigenvalue weighted by molar-refractivity contribution is -0.125. The first-order valence-electron chi connectivity index (χ1n) is 8.82. The molecule has 3 rings (SSSR count). The van der Waals surface area contributed by atoms with Crippen molar-refractivity contribution < 1.29 is 19.4 Å². The summed E-state index contributed by atoms with van der Waals surface area (Å²) in [4.78, 5) is 26.1. The number of nitrogens with one attached hydrogen (secondary N) is 2. The fourth-order valence-corrected chi connectivity index (χ4v) is 3.66. The van der Waals surface area contributed by atoms with E-state index < -0.39 is 5.60 Å². The summed E-state index contributed by atoms with van der Waals surface area (Å²) in [6.45, 7) is 3.14. The minimum absolute atomic E-state index is 0.0577. The molecule has 1 atom stereocenters. The molecule has 28 heavy (non-hydrogen) atoms. The van der Waals surface area contributed by atoms with Gasteiger partial charge in [-0.15, -0.1) is 11.3 Å². The van der Waals surface area contributed by atoms with E-state index in [1.165, 1.54) is 11.3 Å². The number of morpholine rings is 1. The Hall–Kier alpha value is -2.13. The minimum atomic E-state index is -1.14. The number of benzene rings is 1. The van der Waals surface area contributed by atoms with E-state index in [4.69, 9.17) is 16.3 Å². The van der Waals surface area contributed by atoms with Crippen LogP contribution in [-0.4, -0.2) is 55.4 Å². The smallest absolute Gasteiger partial charge is 0.261 e. The number of ether oxygens (including phenoxy) is 1. The van der Waals surface area contributed by atoms with E-state index >= 15 is 0 Å². The van der Waals surface area contributed by atoms with Gasteiger partial charge < -0.3 is 25.4 Å². The Morgan fingerprint density at radius 1 is 1.29 bits per heavy atom. The Kier molecular flexibility index (Phi) is 6.56. The average Bonchev–Trinajstić information content (AvgIpc) is 3.12. The number of nitrogens with zero attached hydrogens (tertiary/aromatic N) is 1. The van der Waals surface area contributed by atoms with Crippen molar-refractivity contribution in [2.75, 3.05) is 43.1 Å². The molecule has 7 nitrogen and oxygen atoms in total. The highest BCUT2D eigenvalue weighted by Gasteiger charge is 2.23. The van der Waals surface area contributed by atoms with Crippen LogP contribution in [0.3, 0.4) is 0 Å². The maximum atomic E-state index is 12.1. The van der Waals surface area contributed by atoms with Crippen molar-refractivity contribution in [3.63, 3.8) is 0 Å². The summed E-state index contributed by atoms with van der Waals surface area (Å²) in [6, 6.07) is 10.7. The molecule has 150 valence electrons. The van der Waals surface area contributed by atoms with Crippen molar-refractivity contribution in [1.29, 1.82) is 0 Å². The molecule has 0 bridgehead atoms. The maximum absolute atomic E-state index is 12.1. The van der Waals surface area contributed by atoms with Crippen LogP contribution in [0.25, 0.3) is 0 Å². The molecular formula is C19H22ClN3O4S. The lowest BCUT2D eigenvalue weighted by Gasteiger charge is -2.27. The zero-order valence-electron chi connectivity index (χ0n) is 15.4. The lowest BCUT2D eigenvalue weighted by atomic mass is 10.1. The highest BCUT2D eigenvalue weighted by molar-refractivity contribution is 7.17. The monoisotopic (exact) mass is 423 g/mol. The van der Waals surface area contributed by atoms with Crippen LogP contribution in [0.2, 0.25) is 4.34 Å². The van der Waals surface area contributed by atoms with Crippen LogP contribution in [-0.2, 0) is 9.53 Å². The number of rotatable bonds is 7. The van der Waals surface area contributed by atoms with Gasteiger partial charge in [-0.1, -0.05) is 11.6 Å². The number of carbonyl (C=O) groups excluding carboxylic acids is 2. The fourth-order valence-electron chi connectivity index (χ4n) is 2.70. The van der Waals surface area contributed by atoms with Gasteiger partial charge >= 0.3 is 0 Å². The average molecular weight is 424 g/mol. The van der Waals surface area contributed by atoms with Gasteiger partial charge in [0.15, 0.2) is 0 Å². The first kappa shape index (κ1) is 20.6. The molecule has 3 N–H and O–H groups in total. The van der Waals surface area contributed by atoms with Crippen LogP contribution in [0.4, 0.5) is 11.4 Å². The molecule has 1 aliphatic rings. The quantitative estimate of drug-likeness (QED) is 0.636. The summed E-state index contributed by atoms with van der Waals surface area (Å²) in [5.41, 5.74) is 0.476. The second-order valence-electron chi connectivity index (χ2n) is 6.78. The van der Waals surface area contributed by atoms with Gasteiger partial charge in [-0.3, -0.25) is 9.59 Å². The number of thiophene rings is 1. The molecule has 2 heterocycles. The Balaban J connectivity index is 1.49. The van der Waals surface area contributed by atoms with Gasteiger partial charge in [-0.25, -0.2) is 0 Å². The van der Waals surface area contributed by atoms with Crippen LogP contribution < -0.4 is 15.5 Å². The normalized spacial score (nSPS) is 16.5. The third kappa shape index (κ3) is 5.45. The number of halogens is 1. The highest BCUT2D eigenvalue weighted by Crippen LogP contribution is 2.22. The van der Waals surface area contributed by atoms with E-state index in [0.29, 0.717) is 22.4 Å². The fraction of sp³-hybridized carbons (Fsp3) is 0.368. The SMILES string of the molecule is CC(O)(CNC(=O)c1ccc(Cl)s1)CNc1ccc(N2CCOCC2=O)cc1. The standard InChI is InChI=1S/C19H22ClN3O4S/c1-19(26,12-22-18(25)15-6-7-16(20)28-15)11-21-13-2-4-14(5-3-13)23-8-9-27-10-17(23)24/h2-7,21,26H,8-12H2,1H3,(H,22,25). The third-order valence-corrected chi connectivity index (χ3v) is 5.49. The first-order valence-corrected chi connectivity index (χ1v) is 10.0. The van der Waals surface area contributed by atoms with Gasteiger partial charge in [0.05, 0.1) is 21.4 Å². The Morgan fingerprint density at radius 3 is 2.68 bits per heavy atom. The van der Waals surface area contributed by atoms with Gasteiger partial charge in [-0.05, 0) is 43.3 Å². The number of amides is 2. The Bertz CT molecular complexity index is 838. The van der Waals surface area contributed by atoms with Crippen molar-refractivity contribution in [2.24, 2.45) is 0 Å². The molecule has 0 saturated carbocycles. The Labute approximate surface area is 172 Å². The van der Waals surface area contributed by atoms with Crippen LogP contribution >= 0.6 is 22.9 Å². The van der Waals surface area contributed by atoms with Gasteiger partial charge in [0.2, 0.25) is 0 Å². The zero-order valence-corrected chi connectivity index (χ0v) is 17.0. The maximum Gasteiger partial charge on any atom is 0.261 e. The second-order valence-corrected chi connectivity index (χ2v) is 8.50. The largest absolute Gasteiger partial charge is 0.386 e.